The maximum absolute atomic E-state index is 11.4. The second kappa shape index (κ2) is 9.41. The van der Waals surface area contributed by atoms with E-state index in [2.05, 4.69) is 32.0 Å². The predicted molar refractivity (Wildman–Crippen MR) is 103 cm³/mol. The SMILES string of the molecule is CC.CC(=O)CSC(c1ccccc1C)c1cc(C)ccc1N. The number of anilines is 1. The van der Waals surface area contributed by atoms with Crippen molar-refractivity contribution in [2.75, 3.05) is 11.5 Å². The van der Waals surface area contributed by atoms with Crippen molar-refractivity contribution < 1.29 is 4.79 Å². The van der Waals surface area contributed by atoms with Crippen LogP contribution >= 0.6 is 11.8 Å². The van der Waals surface area contributed by atoms with Gasteiger partial charge < -0.3 is 5.73 Å². The molecule has 0 aromatic heterocycles. The van der Waals surface area contributed by atoms with E-state index in [1.54, 1.807) is 18.7 Å². The van der Waals surface area contributed by atoms with Crippen LogP contribution in [0.3, 0.4) is 0 Å². The van der Waals surface area contributed by atoms with E-state index in [-0.39, 0.29) is 11.0 Å². The Bertz CT molecular complexity index is 652. The maximum atomic E-state index is 11.4. The first kappa shape index (κ1) is 19.3. The van der Waals surface area contributed by atoms with Gasteiger partial charge in [0.15, 0.2) is 0 Å². The van der Waals surface area contributed by atoms with Gasteiger partial charge in [0.2, 0.25) is 0 Å². The minimum atomic E-state index is 0.0926. The number of nitrogen functional groups attached to an aromatic ring is 1. The van der Waals surface area contributed by atoms with Crippen molar-refractivity contribution in [1.82, 2.24) is 0 Å². The number of nitrogens with two attached hydrogens (primary N) is 1. The van der Waals surface area contributed by atoms with Crippen LogP contribution in [0, 0.1) is 13.8 Å². The molecule has 0 fully saturated rings. The quantitative estimate of drug-likeness (QED) is 0.755. The standard InChI is InChI=1S/C18H21NOS.C2H6/c1-12-8-9-17(19)16(10-12)18(21-11-14(3)20)15-7-5-4-6-13(15)2;1-2/h4-10,18H,11,19H2,1-3H3;1-2H3. The van der Waals surface area contributed by atoms with E-state index < -0.39 is 0 Å². The fourth-order valence-corrected chi connectivity index (χ4v) is 3.58. The molecule has 2 rings (SSSR count). The molecule has 0 spiro atoms. The third kappa shape index (κ3) is 5.43. The van der Waals surface area contributed by atoms with Crippen molar-refractivity contribution in [2.24, 2.45) is 0 Å². The third-order valence-corrected chi connectivity index (χ3v) is 4.86. The molecule has 0 aliphatic carbocycles. The number of ketones is 1. The number of rotatable bonds is 5. The van der Waals surface area contributed by atoms with E-state index in [4.69, 9.17) is 5.73 Å². The third-order valence-electron chi connectivity index (χ3n) is 3.45. The second-order valence-electron chi connectivity index (χ2n) is 5.38. The van der Waals surface area contributed by atoms with Gasteiger partial charge in [0, 0.05) is 5.69 Å². The van der Waals surface area contributed by atoms with Gasteiger partial charge in [0.25, 0.3) is 0 Å². The van der Waals surface area contributed by atoms with E-state index in [0.717, 1.165) is 11.3 Å². The highest BCUT2D eigenvalue weighted by Crippen LogP contribution is 2.40. The van der Waals surface area contributed by atoms with Crippen LogP contribution in [0.4, 0.5) is 5.69 Å². The van der Waals surface area contributed by atoms with Crippen LogP contribution in [-0.4, -0.2) is 11.5 Å². The van der Waals surface area contributed by atoms with Gasteiger partial charge in [0.05, 0.1) is 11.0 Å². The van der Waals surface area contributed by atoms with Gasteiger partial charge in [-0.3, -0.25) is 4.79 Å². The highest BCUT2D eigenvalue weighted by atomic mass is 32.2. The number of hydrogen-bond acceptors (Lipinski definition) is 3. The lowest BCUT2D eigenvalue weighted by Gasteiger charge is -2.21. The van der Waals surface area contributed by atoms with Gasteiger partial charge in [-0.1, -0.05) is 55.8 Å². The molecule has 1 unspecified atom stereocenters. The number of thioether (sulfide) groups is 1. The van der Waals surface area contributed by atoms with Crippen LogP contribution in [0.15, 0.2) is 42.5 Å². The zero-order valence-electron chi connectivity index (χ0n) is 14.7. The average molecular weight is 330 g/mol. The number of aryl methyl sites for hydroxylation is 2. The Morgan fingerprint density at radius 1 is 1.09 bits per heavy atom. The molecule has 124 valence electrons. The van der Waals surface area contributed by atoms with Crippen molar-refractivity contribution in [1.29, 1.82) is 0 Å². The Kier molecular flexibility index (Phi) is 7.90. The Morgan fingerprint density at radius 2 is 1.74 bits per heavy atom. The predicted octanol–water partition coefficient (Wildman–Crippen LogP) is 5.32. The molecule has 0 saturated carbocycles. The van der Waals surface area contributed by atoms with Crippen LogP contribution < -0.4 is 5.73 Å². The zero-order chi connectivity index (χ0) is 17.4. The molecule has 2 aromatic rings. The Hall–Kier alpha value is -1.74. The highest BCUT2D eigenvalue weighted by Gasteiger charge is 2.19. The summed E-state index contributed by atoms with van der Waals surface area (Å²) in [7, 11) is 0. The lowest BCUT2D eigenvalue weighted by molar-refractivity contribution is -0.114. The van der Waals surface area contributed by atoms with Crippen LogP contribution in [0.5, 0.6) is 0 Å². The van der Waals surface area contributed by atoms with Crippen LogP contribution in [0.1, 0.15) is 48.3 Å². The first-order chi connectivity index (χ1) is 11.0. The van der Waals surface area contributed by atoms with Crippen molar-refractivity contribution in [3.8, 4) is 0 Å². The van der Waals surface area contributed by atoms with Crippen LogP contribution in [0.2, 0.25) is 0 Å². The molecular formula is C20H27NOS. The van der Waals surface area contributed by atoms with Crippen LogP contribution in [-0.2, 0) is 4.79 Å². The summed E-state index contributed by atoms with van der Waals surface area (Å²) in [5.41, 5.74) is 11.7. The van der Waals surface area contributed by atoms with Crippen LogP contribution in [0.25, 0.3) is 0 Å². The topological polar surface area (TPSA) is 43.1 Å². The molecule has 0 bridgehead atoms. The fourth-order valence-electron chi connectivity index (χ4n) is 2.35. The smallest absolute Gasteiger partial charge is 0.139 e. The van der Waals surface area contributed by atoms with Crippen molar-refractivity contribution in [2.45, 2.75) is 39.9 Å². The first-order valence-corrected chi connectivity index (χ1v) is 9.06. The molecule has 0 aliphatic rings. The van der Waals surface area contributed by atoms with E-state index >= 15 is 0 Å². The van der Waals surface area contributed by atoms with Gasteiger partial charge in [0.1, 0.15) is 5.78 Å². The van der Waals surface area contributed by atoms with Gasteiger partial charge in [-0.15, -0.1) is 11.8 Å². The molecule has 23 heavy (non-hydrogen) atoms. The van der Waals surface area contributed by atoms with E-state index in [0.29, 0.717) is 5.75 Å². The molecule has 0 aliphatic heterocycles. The molecule has 0 saturated heterocycles. The number of benzene rings is 2. The summed E-state index contributed by atoms with van der Waals surface area (Å²) in [5.74, 6) is 0.677. The summed E-state index contributed by atoms with van der Waals surface area (Å²) in [6.45, 7) is 9.79. The van der Waals surface area contributed by atoms with Gasteiger partial charge in [-0.05, 0) is 43.5 Å². The summed E-state index contributed by atoms with van der Waals surface area (Å²) in [6, 6.07) is 14.4. The fraction of sp³-hybridized carbons (Fsp3) is 0.350. The highest BCUT2D eigenvalue weighted by molar-refractivity contribution is 8.00. The number of carbonyl (C=O) groups is 1. The van der Waals surface area contributed by atoms with Gasteiger partial charge in [-0.25, -0.2) is 0 Å². The normalized spacial score (nSPS) is 11.3. The average Bonchev–Trinajstić information content (AvgIpc) is 2.54. The van der Waals surface area contributed by atoms with E-state index in [1.807, 2.05) is 38.1 Å². The van der Waals surface area contributed by atoms with E-state index in [9.17, 15) is 4.79 Å². The van der Waals surface area contributed by atoms with Crippen molar-refractivity contribution in [3.05, 3.63) is 64.7 Å². The monoisotopic (exact) mass is 329 g/mol. The Morgan fingerprint density at radius 3 is 2.35 bits per heavy atom. The first-order valence-electron chi connectivity index (χ1n) is 8.01. The van der Waals surface area contributed by atoms with Gasteiger partial charge >= 0.3 is 0 Å². The van der Waals surface area contributed by atoms with Crippen molar-refractivity contribution >= 4 is 23.2 Å². The second-order valence-corrected chi connectivity index (χ2v) is 6.48. The molecule has 1 atom stereocenters. The summed E-state index contributed by atoms with van der Waals surface area (Å²) in [5, 5.41) is 0.0926. The largest absolute Gasteiger partial charge is 0.398 e. The molecular weight excluding hydrogens is 302 g/mol. The van der Waals surface area contributed by atoms with E-state index in [1.165, 1.54) is 16.7 Å². The number of carbonyl (C=O) groups excluding carboxylic acids is 1. The molecule has 0 amide bonds. The minimum Gasteiger partial charge on any atom is -0.398 e. The molecule has 2 nitrogen and oxygen atoms in total. The summed E-state index contributed by atoms with van der Waals surface area (Å²) >= 11 is 1.64. The Balaban J connectivity index is 0.00000127. The van der Waals surface area contributed by atoms with Gasteiger partial charge in [-0.2, -0.15) is 0 Å². The zero-order valence-corrected chi connectivity index (χ0v) is 15.5. The summed E-state index contributed by atoms with van der Waals surface area (Å²) < 4.78 is 0. The number of Topliss-reactive ketones (excluding diaryl/α,β-unsaturated/α-hetero) is 1. The summed E-state index contributed by atoms with van der Waals surface area (Å²) in [6.07, 6.45) is 0. The molecule has 0 radical (unpaired) electrons. The maximum Gasteiger partial charge on any atom is 0.139 e. The lowest BCUT2D eigenvalue weighted by atomic mass is 9.97. The molecule has 0 heterocycles. The molecule has 2 N–H and O–H groups in total. The Labute approximate surface area is 144 Å². The molecule has 2 aromatic carbocycles. The summed E-state index contributed by atoms with van der Waals surface area (Å²) in [4.78, 5) is 11.4. The molecule has 3 heteroatoms. The number of hydrogen-bond donors (Lipinski definition) is 1. The lowest BCUT2D eigenvalue weighted by Crippen LogP contribution is -2.06. The van der Waals surface area contributed by atoms with Crippen molar-refractivity contribution in [3.63, 3.8) is 0 Å². The minimum absolute atomic E-state index is 0.0926.